The Morgan fingerprint density at radius 1 is 1.42 bits per heavy atom. The average Bonchev–Trinajstić information content (AvgIpc) is 2.37. The Labute approximate surface area is 110 Å². The first kappa shape index (κ1) is 15.4. The molecule has 19 heavy (non-hydrogen) atoms. The molecule has 0 saturated carbocycles. The zero-order valence-corrected chi connectivity index (χ0v) is 10.8. The van der Waals surface area contributed by atoms with Gasteiger partial charge in [0.25, 0.3) is 5.91 Å². The van der Waals surface area contributed by atoms with E-state index >= 15 is 0 Å². The van der Waals surface area contributed by atoms with Crippen molar-refractivity contribution >= 4 is 5.91 Å². The fourth-order valence-corrected chi connectivity index (χ4v) is 1.40. The average molecular weight is 273 g/mol. The minimum atomic E-state index is -2.92. The fraction of sp³-hybridized carbons (Fsp3) is 0.462. The largest absolute Gasteiger partial charge is 0.435 e. The lowest BCUT2D eigenvalue weighted by molar-refractivity contribution is -0.0498. The van der Waals surface area contributed by atoms with Gasteiger partial charge in [-0.2, -0.15) is 8.78 Å². The second-order valence-corrected chi connectivity index (χ2v) is 4.33. The number of aliphatic hydroxyl groups is 1. The highest BCUT2D eigenvalue weighted by Crippen LogP contribution is 2.16. The van der Waals surface area contributed by atoms with Crippen LogP contribution in [0, 0.1) is 5.92 Å². The first-order chi connectivity index (χ1) is 8.93. The van der Waals surface area contributed by atoms with Gasteiger partial charge in [0.15, 0.2) is 0 Å². The summed E-state index contributed by atoms with van der Waals surface area (Å²) < 4.78 is 28.4. The second kappa shape index (κ2) is 7.04. The van der Waals surface area contributed by atoms with Crippen LogP contribution in [-0.4, -0.2) is 30.3 Å². The number of carbonyl (C=O) groups is 1. The van der Waals surface area contributed by atoms with Crippen molar-refractivity contribution in [3.63, 3.8) is 0 Å². The van der Waals surface area contributed by atoms with E-state index in [0.717, 1.165) is 0 Å². The lowest BCUT2D eigenvalue weighted by Crippen LogP contribution is -2.38. The zero-order chi connectivity index (χ0) is 14.4. The molecule has 1 aromatic carbocycles. The molecule has 0 fully saturated rings. The monoisotopic (exact) mass is 273 g/mol. The van der Waals surface area contributed by atoms with E-state index in [0.29, 0.717) is 0 Å². The number of carbonyl (C=O) groups excluding carboxylic acids is 1. The van der Waals surface area contributed by atoms with Crippen LogP contribution in [0.2, 0.25) is 0 Å². The number of ether oxygens (including phenoxy) is 1. The zero-order valence-electron chi connectivity index (χ0n) is 10.8. The maximum atomic E-state index is 12.1. The minimum absolute atomic E-state index is 0.0457. The standard InChI is InChI=1S/C13H17F2NO3/c1-8(7-17)9(2)16-12(18)10-4-3-5-11(6-10)19-13(14)15/h3-6,8-9,13,17H,7H2,1-2H3,(H,16,18). The Balaban J connectivity index is 2.71. The predicted molar refractivity (Wildman–Crippen MR) is 66.3 cm³/mol. The minimum Gasteiger partial charge on any atom is -0.435 e. The van der Waals surface area contributed by atoms with Crippen LogP contribution in [0.1, 0.15) is 24.2 Å². The summed E-state index contributed by atoms with van der Waals surface area (Å²) in [5.74, 6) is -0.553. The first-order valence-electron chi connectivity index (χ1n) is 5.90. The summed E-state index contributed by atoms with van der Waals surface area (Å²) in [6, 6.07) is 5.34. The van der Waals surface area contributed by atoms with Crippen molar-refractivity contribution in [3.8, 4) is 5.75 Å². The molecule has 1 amide bonds. The van der Waals surface area contributed by atoms with Crippen LogP contribution in [0.4, 0.5) is 8.78 Å². The molecule has 2 atom stereocenters. The van der Waals surface area contributed by atoms with Crippen LogP contribution in [0.25, 0.3) is 0 Å². The molecule has 0 radical (unpaired) electrons. The Bertz CT molecular complexity index is 426. The number of amides is 1. The predicted octanol–water partition coefficient (Wildman–Crippen LogP) is 2.03. The molecule has 0 bridgehead atoms. The molecular formula is C13H17F2NO3. The van der Waals surface area contributed by atoms with Crippen molar-refractivity contribution in [2.75, 3.05) is 6.61 Å². The summed E-state index contributed by atoms with van der Waals surface area (Å²) in [5.41, 5.74) is 0.232. The van der Waals surface area contributed by atoms with Gasteiger partial charge >= 0.3 is 6.61 Å². The number of hydrogen-bond acceptors (Lipinski definition) is 3. The van der Waals surface area contributed by atoms with Gasteiger partial charge in [-0.1, -0.05) is 13.0 Å². The lowest BCUT2D eigenvalue weighted by atomic mass is 10.0. The van der Waals surface area contributed by atoms with Gasteiger partial charge in [0.05, 0.1) is 0 Å². The van der Waals surface area contributed by atoms with Gasteiger partial charge in [0.2, 0.25) is 0 Å². The van der Waals surface area contributed by atoms with Crippen molar-refractivity contribution < 1.29 is 23.4 Å². The van der Waals surface area contributed by atoms with E-state index in [1.165, 1.54) is 24.3 Å². The summed E-state index contributed by atoms with van der Waals surface area (Å²) >= 11 is 0. The summed E-state index contributed by atoms with van der Waals surface area (Å²) in [7, 11) is 0. The summed E-state index contributed by atoms with van der Waals surface area (Å²) in [6.45, 7) is 0.585. The highest BCUT2D eigenvalue weighted by molar-refractivity contribution is 5.94. The third kappa shape index (κ3) is 4.82. The molecule has 106 valence electrons. The molecule has 2 unspecified atom stereocenters. The van der Waals surface area contributed by atoms with Gasteiger partial charge in [0.1, 0.15) is 5.75 Å². The van der Waals surface area contributed by atoms with E-state index in [4.69, 9.17) is 5.11 Å². The smallest absolute Gasteiger partial charge is 0.387 e. The maximum absolute atomic E-state index is 12.1. The van der Waals surface area contributed by atoms with E-state index in [-0.39, 0.29) is 29.9 Å². The first-order valence-corrected chi connectivity index (χ1v) is 5.90. The van der Waals surface area contributed by atoms with Crippen molar-refractivity contribution in [1.82, 2.24) is 5.32 Å². The molecule has 4 nitrogen and oxygen atoms in total. The van der Waals surface area contributed by atoms with E-state index in [1.807, 2.05) is 0 Å². The summed E-state index contributed by atoms with van der Waals surface area (Å²) in [6.07, 6.45) is 0. The fourth-order valence-electron chi connectivity index (χ4n) is 1.40. The van der Waals surface area contributed by atoms with Gasteiger partial charge in [0, 0.05) is 18.2 Å². The van der Waals surface area contributed by atoms with Crippen molar-refractivity contribution in [2.45, 2.75) is 26.5 Å². The Hall–Kier alpha value is -1.69. The van der Waals surface area contributed by atoms with Crippen LogP contribution in [0.15, 0.2) is 24.3 Å². The van der Waals surface area contributed by atoms with Crippen LogP contribution in [0.5, 0.6) is 5.75 Å². The van der Waals surface area contributed by atoms with Gasteiger partial charge in [-0.3, -0.25) is 4.79 Å². The van der Waals surface area contributed by atoms with Crippen molar-refractivity contribution in [2.24, 2.45) is 5.92 Å². The molecule has 2 N–H and O–H groups in total. The van der Waals surface area contributed by atoms with Crippen LogP contribution in [-0.2, 0) is 0 Å². The van der Waals surface area contributed by atoms with Crippen molar-refractivity contribution in [3.05, 3.63) is 29.8 Å². The number of hydrogen-bond donors (Lipinski definition) is 2. The molecule has 0 aliphatic rings. The Morgan fingerprint density at radius 3 is 2.68 bits per heavy atom. The third-order valence-electron chi connectivity index (χ3n) is 2.82. The van der Waals surface area contributed by atoms with E-state index < -0.39 is 12.5 Å². The van der Waals surface area contributed by atoms with E-state index in [1.54, 1.807) is 13.8 Å². The second-order valence-electron chi connectivity index (χ2n) is 4.33. The highest BCUT2D eigenvalue weighted by atomic mass is 19.3. The van der Waals surface area contributed by atoms with Gasteiger partial charge < -0.3 is 15.2 Å². The SMILES string of the molecule is CC(CO)C(C)NC(=O)c1cccc(OC(F)F)c1. The molecule has 0 spiro atoms. The van der Waals surface area contributed by atoms with Crippen LogP contribution >= 0.6 is 0 Å². The van der Waals surface area contributed by atoms with E-state index in [2.05, 4.69) is 10.1 Å². The normalized spacial score (nSPS) is 14.0. The molecule has 0 aliphatic heterocycles. The lowest BCUT2D eigenvalue weighted by Gasteiger charge is -2.19. The number of nitrogens with one attached hydrogen (secondary N) is 1. The molecule has 6 heteroatoms. The van der Waals surface area contributed by atoms with Crippen molar-refractivity contribution in [1.29, 1.82) is 0 Å². The quantitative estimate of drug-likeness (QED) is 0.833. The highest BCUT2D eigenvalue weighted by Gasteiger charge is 2.15. The van der Waals surface area contributed by atoms with Crippen LogP contribution < -0.4 is 10.1 Å². The third-order valence-corrected chi connectivity index (χ3v) is 2.82. The Morgan fingerprint density at radius 2 is 2.11 bits per heavy atom. The number of rotatable bonds is 6. The number of halogens is 2. The molecule has 0 aromatic heterocycles. The Kier molecular flexibility index (Phi) is 5.69. The molecule has 0 saturated heterocycles. The maximum Gasteiger partial charge on any atom is 0.387 e. The summed E-state index contributed by atoms with van der Waals surface area (Å²) in [4.78, 5) is 11.9. The van der Waals surface area contributed by atoms with Crippen LogP contribution in [0.3, 0.4) is 0 Å². The van der Waals surface area contributed by atoms with Gasteiger partial charge in [-0.15, -0.1) is 0 Å². The molecular weight excluding hydrogens is 256 g/mol. The molecule has 0 heterocycles. The molecule has 1 aromatic rings. The molecule has 1 rings (SSSR count). The number of benzene rings is 1. The number of aliphatic hydroxyl groups excluding tert-OH is 1. The van der Waals surface area contributed by atoms with E-state index in [9.17, 15) is 13.6 Å². The molecule has 0 aliphatic carbocycles. The topological polar surface area (TPSA) is 58.6 Å². The van der Waals surface area contributed by atoms with Gasteiger partial charge in [-0.05, 0) is 31.0 Å². The number of alkyl halides is 2. The van der Waals surface area contributed by atoms with Gasteiger partial charge in [-0.25, -0.2) is 0 Å². The summed E-state index contributed by atoms with van der Waals surface area (Å²) in [5, 5.41) is 11.7.